The predicted octanol–water partition coefficient (Wildman–Crippen LogP) is 2.45. The Balaban J connectivity index is 2.23. The molecule has 0 aliphatic heterocycles. The van der Waals surface area contributed by atoms with Crippen molar-refractivity contribution >= 4 is 0 Å². The van der Waals surface area contributed by atoms with Crippen LogP contribution in [0.25, 0.3) is 0 Å². The van der Waals surface area contributed by atoms with Gasteiger partial charge in [-0.25, -0.2) is 0 Å². The quantitative estimate of drug-likeness (QED) is 0.742. The summed E-state index contributed by atoms with van der Waals surface area (Å²) in [7, 11) is 1.63. The molecule has 74 valence electrons. The standard InChI is InChI=1S/C12H14O2/c1-8-6-11(8)12(13)9-4-3-5-10(7-9)14-2/h3-5,7,12-13H,6H2,1-2H3. The Hall–Kier alpha value is -1.28. The topological polar surface area (TPSA) is 29.5 Å². The minimum atomic E-state index is -0.440. The van der Waals surface area contributed by atoms with Gasteiger partial charge in [0, 0.05) is 0 Å². The molecule has 0 aromatic heterocycles. The van der Waals surface area contributed by atoms with Crippen LogP contribution in [0.2, 0.25) is 0 Å². The maximum atomic E-state index is 9.94. The van der Waals surface area contributed by atoms with Gasteiger partial charge in [0.2, 0.25) is 0 Å². The number of aliphatic hydroxyl groups excluding tert-OH is 1. The zero-order valence-electron chi connectivity index (χ0n) is 8.45. The average molecular weight is 190 g/mol. The highest BCUT2D eigenvalue weighted by Crippen LogP contribution is 2.40. The molecule has 1 aliphatic carbocycles. The van der Waals surface area contributed by atoms with Gasteiger partial charge in [-0.15, -0.1) is 0 Å². The second-order valence-corrected chi connectivity index (χ2v) is 3.66. The molecule has 0 amide bonds. The first-order valence-electron chi connectivity index (χ1n) is 4.73. The van der Waals surface area contributed by atoms with E-state index in [0.717, 1.165) is 23.3 Å². The van der Waals surface area contributed by atoms with Gasteiger partial charge in [-0.2, -0.15) is 0 Å². The van der Waals surface area contributed by atoms with E-state index in [-0.39, 0.29) is 0 Å². The zero-order chi connectivity index (χ0) is 10.1. The van der Waals surface area contributed by atoms with Crippen LogP contribution in [-0.2, 0) is 0 Å². The van der Waals surface area contributed by atoms with Gasteiger partial charge in [-0.05, 0) is 36.6 Å². The van der Waals surface area contributed by atoms with Crippen LogP contribution < -0.4 is 4.74 Å². The molecule has 2 heteroatoms. The number of methoxy groups -OCH3 is 1. The van der Waals surface area contributed by atoms with Crippen molar-refractivity contribution in [2.75, 3.05) is 7.11 Å². The number of hydrogen-bond acceptors (Lipinski definition) is 2. The first-order chi connectivity index (χ1) is 6.72. The van der Waals surface area contributed by atoms with Crippen molar-refractivity contribution in [3.8, 4) is 5.75 Å². The summed E-state index contributed by atoms with van der Waals surface area (Å²) in [5.74, 6) is 0.792. The summed E-state index contributed by atoms with van der Waals surface area (Å²) >= 11 is 0. The molecular weight excluding hydrogens is 176 g/mol. The molecular formula is C12H14O2. The first-order valence-corrected chi connectivity index (χ1v) is 4.73. The Morgan fingerprint density at radius 1 is 1.43 bits per heavy atom. The van der Waals surface area contributed by atoms with Crippen molar-refractivity contribution in [2.24, 2.45) is 0 Å². The van der Waals surface area contributed by atoms with Crippen LogP contribution >= 0.6 is 0 Å². The van der Waals surface area contributed by atoms with E-state index >= 15 is 0 Å². The molecule has 1 aromatic rings. The van der Waals surface area contributed by atoms with E-state index in [0.29, 0.717) is 0 Å². The maximum Gasteiger partial charge on any atom is 0.119 e. The zero-order valence-corrected chi connectivity index (χ0v) is 8.45. The van der Waals surface area contributed by atoms with E-state index in [1.807, 2.05) is 24.3 Å². The van der Waals surface area contributed by atoms with Gasteiger partial charge < -0.3 is 9.84 Å². The number of benzene rings is 1. The number of aliphatic hydroxyl groups is 1. The van der Waals surface area contributed by atoms with Crippen molar-refractivity contribution in [2.45, 2.75) is 19.4 Å². The normalized spacial score (nSPS) is 16.8. The van der Waals surface area contributed by atoms with Gasteiger partial charge in [-0.1, -0.05) is 17.7 Å². The summed E-state index contributed by atoms with van der Waals surface area (Å²) in [6.45, 7) is 2.05. The second kappa shape index (κ2) is 3.46. The number of hydrogen-bond donors (Lipinski definition) is 1. The van der Waals surface area contributed by atoms with Crippen LogP contribution in [0, 0.1) is 0 Å². The van der Waals surface area contributed by atoms with E-state index in [9.17, 15) is 5.11 Å². The van der Waals surface area contributed by atoms with Crippen LogP contribution in [0.3, 0.4) is 0 Å². The Bertz CT molecular complexity index is 380. The van der Waals surface area contributed by atoms with E-state index in [1.54, 1.807) is 7.11 Å². The molecule has 1 aliphatic rings. The smallest absolute Gasteiger partial charge is 0.119 e. The summed E-state index contributed by atoms with van der Waals surface area (Å²) in [6.07, 6.45) is 0.531. The fourth-order valence-electron chi connectivity index (χ4n) is 1.58. The lowest BCUT2D eigenvalue weighted by atomic mass is 10.1. The lowest BCUT2D eigenvalue weighted by molar-refractivity contribution is 0.219. The summed E-state index contributed by atoms with van der Waals surface area (Å²) in [5, 5.41) is 9.94. The molecule has 0 saturated carbocycles. The summed E-state index contributed by atoms with van der Waals surface area (Å²) < 4.78 is 5.10. The maximum absolute atomic E-state index is 9.94. The second-order valence-electron chi connectivity index (χ2n) is 3.66. The average Bonchev–Trinajstić information content (AvgIpc) is 2.94. The molecule has 1 aromatic carbocycles. The van der Waals surface area contributed by atoms with E-state index in [4.69, 9.17) is 4.74 Å². The monoisotopic (exact) mass is 190 g/mol. The minimum Gasteiger partial charge on any atom is -0.497 e. The van der Waals surface area contributed by atoms with Gasteiger partial charge in [-0.3, -0.25) is 0 Å². The lowest BCUT2D eigenvalue weighted by Gasteiger charge is -2.08. The molecule has 0 heterocycles. The summed E-state index contributed by atoms with van der Waals surface area (Å²) in [5.41, 5.74) is 3.37. The Labute approximate surface area is 83.8 Å². The fraction of sp³-hybridized carbons (Fsp3) is 0.333. The van der Waals surface area contributed by atoms with E-state index in [2.05, 4.69) is 6.92 Å². The van der Waals surface area contributed by atoms with Gasteiger partial charge in [0.15, 0.2) is 0 Å². The Morgan fingerprint density at radius 2 is 2.14 bits per heavy atom. The molecule has 0 fully saturated rings. The summed E-state index contributed by atoms with van der Waals surface area (Å²) in [4.78, 5) is 0. The third kappa shape index (κ3) is 1.66. The minimum absolute atomic E-state index is 0.440. The van der Waals surface area contributed by atoms with Gasteiger partial charge in [0.05, 0.1) is 7.11 Å². The van der Waals surface area contributed by atoms with Crippen molar-refractivity contribution in [3.63, 3.8) is 0 Å². The predicted molar refractivity (Wildman–Crippen MR) is 55.3 cm³/mol. The van der Waals surface area contributed by atoms with E-state index in [1.165, 1.54) is 5.57 Å². The third-order valence-electron chi connectivity index (χ3n) is 2.62. The molecule has 1 unspecified atom stereocenters. The highest BCUT2D eigenvalue weighted by Gasteiger charge is 2.25. The SMILES string of the molecule is COc1cccc(C(O)C2=C(C)C2)c1. The van der Waals surface area contributed by atoms with Crippen LogP contribution in [0.4, 0.5) is 0 Å². The van der Waals surface area contributed by atoms with Crippen LogP contribution in [0.5, 0.6) is 5.75 Å². The van der Waals surface area contributed by atoms with Crippen LogP contribution in [0.15, 0.2) is 35.4 Å². The third-order valence-corrected chi connectivity index (χ3v) is 2.62. The Morgan fingerprint density at radius 3 is 2.71 bits per heavy atom. The fourth-order valence-corrected chi connectivity index (χ4v) is 1.58. The number of allylic oxidation sites excluding steroid dienone is 1. The Kier molecular flexibility index (Phi) is 2.30. The van der Waals surface area contributed by atoms with Gasteiger partial charge >= 0.3 is 0 Å². The van der Waals surface area contributed by atoms with Crippen molar-refractivity contribution in [1.82, 2.24) is 0 Å². The number of ether oxygens (including phenoxy) is 1. The molecule has 1 atom stereocenters. The van der Waals surface area contributed by atoms with Crippen molar-refractivity contribution in [3.05, 3.63) is 41.0 Å². The van der Waals surface area contributed by atoms with Gasteiger partial charge in [0.1, 0.15) is 11.9 Å². The molecule has 2 nitrogen and oxygen atoms in total. The molecule has 2 rings (SSSR count). The highest BCUT2D eigenvalue weighted by atomic mass is 16.5. The van der Waals surface area contributed by atoms with Crippen molar-refractivity contribution < 1.29 is 9.84 Å². The lowest BCUT2D eigenvalue weighted by Crippen LogP contribution is -1.95. The van der Waals surface area contributed by atoms with Crippen LogP contribution in [-0.4, -0.2) is 12.2 Å². The van der Waals surface area contributed by atoms with E-state index < -0.39 is 6.10 Å². The van der Waals surface area contributed by atoms with Crippen LogP contribution in [0.1, 0.15) is 25.0 Å². The van der Waals surface area contributed by atoms with Gasteiger partial charge in [0.25, 0.3) is 0 Å². The summed E-state index contributed by atoms with van der Waals surface area (Å²) in [6, 6.07) is 7.58. The molecule has 0 saturated heterocycles. The number of rotatable bonds is 3. The molecule has 0 bridgehead atoms. The van der Waals surface area contributed by atoms with Crippen molar-refractivity contribution in [1.29, 1.82) is 0 Å². The largest absolute Gasteiger partial charge is 0.497 e. The molecule has 1 N–H and O–H groups in total. The molecule has 0 spiro atoms. The molecule has 14 heavy (non-hydrogen) atoms. The highest BCUT2D eigenvalue weighted by molar-refractivity contribution is 5.42. The first kappa shape index (κ1) is 9.28. The molecule has 0 radical (unpaired) electrons.